The number of nitrogens with zero attached hydrogens (tertiary/aromatic N) is 3. The average Bonchev–Trinajstić information content (AvgIpc) is 3.07. The minimum atomic E-state index is -3.52. The van der Waals surface area contributed by atoms with Gasteiger partial charge < -0.3 is 15.5 Å². The second-order valence-corrected chi connectivity index (χ2v) is 9.85. The van der Waals surface area contributed by atoms with Crippen molar-refractivity contribution in [2.24, 2.45) is 0 Å². The molecule has 4 rings (SSSR count). The molecule has 1 aliphatic rings. The van der Waals surface area contributed by atoms with Gasteiger partial charge in [0.2, 0.25) is 10.0 Å². The van der Waals surface area contributed by atoms with Gasteiger partial charge in [-0.1, -0.05) is 35.9 Å². The van der Waals surface area contributed by atoms with Crippen LogP contribution in [0.25, 0.3) is 0 Å². The van der Waals surface area contributed by atoms with Crippen LogP contribution in [0.15, 0.2) is 77.8 Å². The third kappa shape index (κ3) is 5.68. The van der Waals surface area contributed by atoms with Crippen LogP contribution >= 0.6 is 0 Å². The molecule has 8 nitrogen and oxygen atoms in total. The van der Waals surface area contributed by atoms with Gasteiger partial charge in [0, 0.05) is 31.9 Å². The van der Waals surface area contributed by atoms with E-state index in [0.29, 0.717) is 48.9 Å². The molecule has 0 bridgehead atoms. The van der Waals surface area contributed by atoms with Gasteiger partial charge in [-0.3, -0.25) is 0 Å². The number of nitrogens with one attached hydrogen (secondary N) is 2. The molecular weight excluding hydrogens is 438 g/mol. The predicted molar refractivity (Wildman–Crippen MR) is 130 cm³/mol. The normalized spacial score (nSPS) is 15.0. The molecule has 2 heterocycles. The van der Waals surface area contributed by atoms with Crippen molar-refractivity contribution in [1.29, 1.82) is 0 Å². The number of benzene rings is 2. The van der Waals surface area contributed by atoms with Gasteiger partial charge in [-0.25, -0.2) is 18.2 Å². The number of carbonyl (C=O) groups excluding carboxylic acids is 1. The molecular formula is C24H27N5O3S. The molecule has 0 atom stereocenters. The zero-order valence-electron chi connectivity index (χ0n) is 18.4. The van der Waals surface area contributed by atoms with Gasteiger partial charge in [0.15, 0.2) is 0 Å². The van der Waals surface area contributed by atoms with E-state index in [4.69, 9.17) is 0 Å². The molecule has 0 aliphatic carbocycles. The summed E-state index contributed by atoms with van der Waals surface area (Å²) >= 11 is 0. The molecule has 2 amide bonds. The number of sulfonamides is 1. The summed E-state index contributed by atoms with van der Waals surface area (Å²) in [5, 5.41) is 5.52. The number of anilines is 3. The average molecular weight is 466 g/mol. The van der Waals surface area contributed by atoms with Gasteiger partial charge in [-0.05, 0) is 49.7 Å². The smallest absolute Gasteiger partial charge is 0.323 e. The van der Waals surface area contributed by atoms with E-state index < -0.39 is 10.0 Å². The van der Waals surface area contributed by atoms with Gasteiger partial charge in [-0.15, -0.1) is 0 Å². The van der Waals surface area contributed by atoms with E-state index in [-0.39, 0.29) is 6.03 Å². The molecule has 0 spiro atoms. The van der Waals surface area contributed by atoms with E-state index in [1.165, 1.54) is 0 Å². The number of hydrogen-bond acceptors (Lipinski definition) is 5. The van der Waals surface area contributed by atoms with Crippen LogP contribution in [0.5, 0.6) is 0 Å². The topological polar surface area (TPSA) is 94.6 Å². The lowest BCUT2D eigenvalue weighted by Crippen LogP contribution is -2.35. The molecule has 2 aromatic carbocycles. The van der Waals surface area contributed by atoms with E-state index >= 15 is 0 Å². The van der Waals surface area contributed by atoms with Crippen molar-refractivity contribution in [3.63, 3.8) is 0 Å². The first-order valence-corrected chi connectivity index (χ1v) is 12.3. The summed E-state index contributed by atoms with van der Waals surface area (Å²) in [4.78, 5) is 19.0. The SMILES string of the molecule is Cc1ccc(S(=O)(=O)N2CCCN(c3ccc(NC(=O)Nc4ccccc4)cn3)CC2)cc1. The fourth-order valence-corrected chi connectivity index (χ4v) is 5.15. The van der Waals surface area contributed by atoms with Crippen molar-refractivity contribution in [2.45, 2.75) is 18.2 Å². The molecule has 3 aromatic rings. The Morgan fingerprint density at radius 2 is 1.58 bits per heavy atom. The largest absolute Gasteiger partial charge is 0.355 e. The van der Waals surface area contributed by atoms with Crippen molar-refractivity contribution in [1.82, 2.24) is 9.29 Å². The van der Waals surface area contributed by atoms with Gasteiger partial charge in [0.1, 0.15) is 5.82 Å². The summed E-state index contributed by atoms with van der Waals surface area (Å²) in [7, 11) is -3.52. The Kier molecular flexibility index (Phi) is 6.90. The number of hydrogen-bond donors (Lipinski definition) is 2. The maximum Gasteiger partial charge on any atom is 0.323 e. The third-order valence-corrected chi connectivity index (χ3v) is 7.39. The standard InChI is InChI=1S/C24H27N5O3S/c1-19-8-11-22(12-9-19)33(31,32)29-15-5-14-28(16-17-29)23-13-10-21(18-25-23)27-24(30)26-20-6-3-2-4-7-20/h2-4,6-13,18H,5,14-17H2,1H3,(H2,26,27,30). The highest BCUT2D eigenvalue weighted by molar-refractivity contribution is 7.89. The first kappa shape index (κ1) is 22.8. The molecule has 0 saturated carbocycles. The van der Waals surface area contributed by atoms with Crippen molar-refractivity contribution in [2.75, 3.05) is 41.7 Å². The number of carbonyl (C=O) groups is 1. The first-order valence-electron chi connectivity index (χ1n) is 10.8. The summed E-state index contributed by atoms with van der Waals surface area (Å²) in [6.07, 6.45) is 2.30. The summed E-state index contributed by atoms with van der Waals surface area (Å²) in [5.41, 5.74) is 2.30. The van der Waals surface area contributed by atoms with E-state index in [1.54, 1.807) is 28.7 Å². The number of aromatic nitrogens is 1. The predicted octanol–water partition coefficient (Wildman–Crippen LogP) is 3.94. The quantitative estimate of drug-likeness (QED) is 0.595. The molecule has 0 radical (unpaired) electrons. The highest BCUT2D eigenvalue weighted by Gasteiger charge is 2.27. The maximum absolute atomic E-state index is 13.0. The minimum absolute atomic E-state index is 0.323. The number of amides is 2. The Morgan fingerprint density at radius 1 is 0.848 bits per heavy atom. The number of pyridine rings is 1. The molecule has 33 heavy (non-hydrogen) atoms. The number of rotatable bonds is 5. The van der Waals surface area contributed by atoms with Crippen LogP contribution in [0.2, 0.25) is 0 Å². The Morgan fingerprint density at radius 3 is 2.27 bits per heavy atom. The van der Waals surface area contributed by atoms with Gasteiger partial charge in [-0.2, -0.15) is 4.31 Å². The Labute approximate surface area is 194 Å². The van der Waals surface area contributed by atoms with Gasteiger partial charge >= 0.3 is 6.03 Å². The number of para-hydroxylation sites is 1. The first-order chi connectivity index (χ1) is 15.9. The van der Waals surface area contributed by atoms with Crippen molar-refractivity contribution >= 4 is 33.2 Å². The lowest BCUT2D eigenvalue weighted by molar-refractivity contribution is 0.262. The highest BCUT2D eigenvalue weighted by Crippen LogP contribution is 2.21. The highest BCUT2D eigenvalue weighted by atomic mass is 32.2. The molecule has 1 fully saturated rings. The zero-order valence-corrected chi connectivity index (χ0v) is 19.3. The summed E-state index contributed by atoms with van der Waals surface area (Å²) < 4.78 is 27.6. The van der Waals surface area contributed by atoms with Crippen LogP contribution < -0.4 is 15.5 Å². The van der Waals surface area contributed by atoms with E-state index in [1.807, 2.05) is 55.5 Å². The minimum Gasteiger partial charge on any atom is -0.355 e. The molecule has 1 aliphatic heterocycles. The lowest BCUT2D eigenvalue weighted by Gasteiger charge is -2.23. The summed E-state index contributed by atoms with van der Waals surface area (Å²) in [6.45, 7) is 4.03. The van der Waals surface area contributed by atoms with Gasteiger partial charge in [0.05, 0.1) is 16.8 Å². The lowest BCUT2D eigenvalue weighted by atomic mass is 10.2. The van der Waals surface area contributed by atoms with Crippen LogP contribution in [-0.2, 0) is 10.0 Å². The Bertz CT molecular complexity index is 1180. The molecule has 9 heteroatoms. The number of aryl methyl sites for hydroxylation is 1. The second kappa shape index (κ2) is 10.0. The van der Waals surface area contributed by atoms with Crippen molar-refractivity contribution < 1.29 is 13.2 Å². The second-order valence-electron chi connectivity index (χ2n) is 7.91. The summed E-state index contributed by atoms with van der Waals surface area (Å²) in [5.74, 6) is 0.749. The monoisotopic (exact) mass is 465 g/mol. The van der Waals surface area contributed by atoms with Crippen molar-refractivity contribution in [3.05, 3.63) is 78.5 Å². The number of urea groups is 1. The zero-order chi connectivity index (χ0) is 23.3. The molecule has 1 aromatic heterocycles. The van der Waals surface area contributed by atoms with Crippen molar-refractivity contribution in [3.8, 4) is 0 Å². The van der Waals surface area contributed by atoms with Crippen LogP contribution in [0.1, 0.15) is 12.0 Å². The molecule has 1 saturated heterocycles. The van der Waals surface area contributed by atoms with Crippen LogP contribution in [-0.4, -0.2) is 49.9 Å². The van der Waals surface area contributed by atoms with Gasteiger partial charge in [0.25, 0.3) is 0 Å². The van der Waals surface area contributed by atoms with Crippen LogP contribution in [0.3, 0.4) is 0 Å². The fourth-order valence-electron chi connectivity index (χ4n) is 3.68. The summed E-state index contributed by atoms with van der Waals surface area (Å²) in [6, 6.07) is 19.4. The Hall–Kier alpha value is -3.43. The Balaban J connectivity index is 1.36. The molecule has 172 valence electrons. The fraction of sp³-hybridized carbons (Fsp3) is 0.250. The van der Waals surface area contributed by atoms with E-state index in [0.717, 1.165) is 11.4 Å². The molecule has 2 N–H and O–H groups in total. The maximum atomic E-state index is 13.0. The van der Waals surface area contributed by atoms with E-state index in [2.05, 4.69) is 20.5 Å². The third-order valence-electron chi connectivity index (χ3n) is 5.48. The molecule has 0 unspecified atom stereocenters. The van der Waals surface area contributed by atoms with Crippen LogP contribution in [0.4, 0.5) is 22.0 Å². The van der Waals surface area contributed by atoms with E-state index in [9.17, 15) is 13.2 Å². The van der Waals surface area contributed by atoms with Crippen LogP contribution in [0, 0.1) is 6.92 Å².